The second-order valence-electron chi connectivity index (χ2n) is 5.83. The Bertz CT molecular complexity index is 1140. The van der Waals surface area contributed by atoms with Crippen LogP contribution in [0.2, 0.25) is 0 Å². The SMILES string of the molecule is CNc1ncc(C#Cc2ccc(Cn3ccnn3)cn2)c2cc(N)ncc12. The molecule has 0 saturated carbocycles. The summed E-state index contributed by atoms with van der Waals surface area (Å²) in [6.45, 7) is 0.618. The first-order chi connectivity index (χ1) is 13.2. The van der Waals surface area contributed by atoms with E-state index >= 15 is 0 Å². The van der Waals surface area contributed by atoms with Crippen molar-refractivity contribution in [3.8, 4) is 11.8 Å². The van der Waals surface area contributed by atoms with Crippen LogP contribution in [0.3, 0.4) is 0 Å². The van der Waals surface area contributed by atoms with Gasteiger partial charge in [0, 0.05) is 42.6 Å². The number of nitrogen functional groups attached to an aromatic ring is 1. The molecule has 0 saturated heterocycles. The van der Waals surface area contributed by atoms with Gasteiger partial charge in [-0.3, -0.25) is 0 Å². The van der Waals surface area contributed by atoms with Gasteiger partial charge in [0.05, 0.1) is 18.3 Å². The number of pyridine rings is 3. The molecule has 8 nitrogen and oxygen atoms in total. The standard InChI is InChI=1S/C19H16N8/c1-21-19-17-11-23-18(20)8-16(17)14(10-24-19)3-5-15-4-2-13(9-22-15)12-27-7-6-25-26-27/h2,4,6-11H,12H2,1H3,(H2,20,23)(H,21,24). The fourth-order valence-electron chi connectivity index (χ4n) is 2.68. The minimum Gasteiger partial charge on any atom is -0.384 e. The summed E-state index contributed by atoms with van der Waals surface area (Å²) in [6, 6.07) is 5.66. The average Bonchev–Trinajstić information content (AvgIpc) is 3.20. The van der Waals surface area contributed by atoms with Crippen LogP contribution in [0, 0.1) is 11.8 Å². The number of nitrogens with two attached hydrogens (primary N) is 1. The summed E-state index contributed by atoms with van der Waals surface area (Å²) in [5.41, 5.74) is 8.30. The van der Waals surface area contributed by atoms with Crippen molar-refractivity contribution in [1.29, 1.82) is 0 Å². The summed E-state index contributed by atoms with van der Waals surface area (Å²) in [4.78, 5) is 12.9. The van der Waals surface area contributed by atoms with Crippen LogP contribution >= 0.6 is 0 Å². The molecule has 0 spiro atoms. The third kappa shape index (κ3) is 3.52. The van der Waals surface area contributed by atoms with Gasteiger partial charge in [-0.25, -0.2) is 19.6 Å². The number of nitrogens with one attached hydrogen (secondary N) is 1. The molecule has 27 heavy (non-hydrogen) atoms. The number of nitrogens with zero attached hydrogens (tertiary/aromatic N) is 6. The Labute approximate surface area is 155 Å². The number of hydrogen-bond donors (Lipinski definition) is 2. The Morgan fingerprint density at radius 3 is 2.74 bits per heavy atom. The highest BCUT2D eigenvalue weighted by atomic mass is 15.4. The van der Waals surface area contributed by atoms with Gasteiger partial charge in [-0.2, -0.15) is 0 Å². The maximum atomic E-state index is 5.84. The van der Waals surface area contributed by atoms with E-state index in [-0.39, 0.29) is 0 Å². The fourth-order valence-corrected chi connectivity index (χ4v) is 2.68. The van der Waals surface area contributed by atoms with Crippen molar-refractivity contribution in [2.75, 3.05) is 18.1 Å². The van der Waals surface area contributed by atoms with E-state index in [1.807, 2.05) is 19.2 Å². The second kappa shape index (κ2) is 7.09. The Balaban J connectivity index is 1.63. The lowest BCUT2D eigenvalue weighted by Crippen LogP contribution is -2.01. The summed E-state index contributed by atoms with van der Waals surface area (Å²) in [5.74, 6) is 7.39. The molecule has 132 valence electrons. The van der Waals surface area contributed by atoms with E-state index < -0.39 is 0 Å². The van der Waals surface area contributed by atoms with Gasteiger partial charge < -0.3 is 11.1 Å². The molecule has 0 radical (unpaired) electrons. The van der Waals surface area contributed by atoms with Gasteiger partial charge >= 0.3 is 0 Å². The van der Waals surface area contributed by atoms with Crippen LogP contribution in [-0.2, 0) is 6.54 Å². The predicted octanol–water partition coefficient (Wildman–Crippen LogP) is 1.69. The number of rotatable bonds is 3. The first-order valence-corrected chi connectivity index (χ1v) is 8.26. The van der Waals surface area contributed by atoms with Crippen LogP contribution in [0.15, 0.2) is 49.2 Å². The molecule has 0 unspecified atom stereocenters. The first kappa shape index (κ1) is 16.5. The molecule has 0 aliphatic carbocycles. The molecule has 4 aromatic heterocycles. The normalized spacial score (nSPS) is 10.4. The van der Waals surface area contributed by atoms with Crippen molar-refractivity contribution in [3.05, 3.63) is 66.0 Å². The lowest BCUT2D eigenvalue weighted by molar-refractivity contribution is 0.648. The molecule has 4 heterocycles. The molecule has 0 atom stereocenters. The highest BCUT2D eigenvalue weighted by Gasteiger charge is 2.06. The van der Waals surface area contributed by atoms with E-state index in [0.29, 0.717) is 18.1 Å². The van der Waals surface area contributed by atoms with E-state index in [4.69, 9.17) is 5.73 Å². The second-order valence-corrected chi connectivity index (χ2v) is 5.83. The zero-order chi connectivity index (χ0) is 18.6. The number of hydrogen-bond acceptors (Lipinski definition) is 7. The summed E-state index contributed by atoms with van der Waals surface area (Å²) < 4.78 is 1.74. The van der Waals surface area contributed by atoms with E-state index in [1.54, 1.807) is 41.7 Å². The van der Waals surface area contributed by atoms with Crippen molar-refractivity contribution >= 4 is 22.4 Å². The van der Waals surface area contributed by atoms with Crippen LogP contribution in [0.1, 0.15) is 16.8 Å². The smallest absolute Gasteiger partial charge is 0.135 e. The van der Waals surface area contributed by atoms with Crippen molar-refractivity contribution in [3.63, 3.8) is 0 Å². The van der Waals surface area contributed by atoms with Gasteiger partial charge in [0.1, 0.15) is 17.3 Å². The Morgan fingerprint density at radius 1 is 1.07 bits per heavy atom. The molecule has 0 fully saturated rings. The van der Waals surface area contributed by atoms with Gasteiger partial charge in [0.25, 0.3) is 0 Å². The van der Waals surface area contributed by atoms with Crippen molar-refractivity contribution in [2.24, 2.45) is 0 Å². The molecule has 3 N–H and O–H groups in total. The van der Waals surface area contributed by atoms with E-state index in [2.05, 4.69) is 42.4 Å². The van der Waals surface area contributed by atoms with Crippen LogP contribution in [0.25, 0.3) is 10.8 Å². The Hall–Kier alpha value is -3.99. The maximum absolute atomic E-state index is 5.84. The van der Waals surface area contributed by atoms with Crippen LogP contribution in [-0.4, -0.2) is 37.0 Å². The predicted molar refractivity (Wildman–Crippen MR) is 103 cm³/mol. The van der Waals surface area contributed by atoms with Crippen molar-refractivity contribution < 1.29 is 0 Å². The summed E-state index contributed by atoms with van der Waals surface area (Å²) in [7, 11) is 1.81. The van der Waals surface area contributed by atoms with Crippen molar-refractivity contribution in [2.45, 2.75) is 6.54 Å². The zero-order valence-corrected chi connectivity index (χ0v) is 14.6. The topological polar surface area (TPSA) is 107 Å². The Kier molecular flexibility index (Phi) is 4.33. The number of anilines is 2. The maximum Gasteiger partial charge on any atom is 0.135 e. The highest BCUT2D eigenvalue weighted by molar-refractivity contribution is 5.96. The van der Waals surface area contributed by atoms with Crippen LogP contribution < -0.4 is 11.1 Å². The third-order valence-corrected chi connectivity index (χ3v) is 4.00. The van der Waals surface area contributed by atoms with E-state index in [0.717, 1.165) is 27.7 Å². The van der Waals surface area contributed by atoms with E-state index in [9.17, 15) is 0 Å². The molecule has 4 aromatic rings. The molecule has 0 aliphatic rings. The first-order valence-electron chi connectivity index (χ1n) is 8.26. The largest absolute Gasteiger partial charge is 0.384 e. The fraction of sp³-hybridized carbons (Fsp3) is 0.105. The molecule has 4 rings (SSSR count). The minimum atomic E-state index is 0.439. The molecule has 0 bridgehead atoms. The summed E-state index contributed by atoms with van der Waals surface area (Å²) >= 11 is 0. The van der Waals surface area contributed by atoms with Gasteiger partial charge in [0.2, 0.25) is 0 Å². The van der Waals surface area contributed by atoms with Crippen LogP contribution in [0.5, 0.6) is 0 Å². The minimum absolute atomic E-state index is 0.439. The average molecular weight is 356 g/mol. The molecule has 8 heteroatoms. The van der Waals surface area contributed by atoms with E-state index in [1.165, 1.54) is 0 Å². The lowest BCUT2D eigenvalue weighted by Gasteiger charge is -2.06. The number of aromatic nitrogens is 6. The lowest BCUT2D eigenvalue weighted by atomic mass is 10.1. The molecular formula is C19H16N8. The summed E-state index contributed by atoms with van der Waals surface area (Å²) in [6.07, 6.45) is 8.66. The Morgan fingerprint density at radius 2 is 2.00 bits per heavy atom. The quantitative estimate of drug-likeness (QED) is 0.538. The van der Waals surface area contributed by atoms with Gasteiger partial charge in [-0.1, -0.05) is 17.2 Å². The van der Waals surface area contributed by atoms with Gasteiger partial charge in [-0.15, -0.1) is 5.10 Å². The zero-order valence-electron chi connectivity index (χ0n) is 14.6. The van der Waals surface area contributed by atoms with Gasteiger partial charge in [0.15, 0.2) is 0 Å². The molecule has 0 amide bonds. The van der Waals surface area contributed by atoms with Crippen LogP contribution in [0.4, 0.5) is 11.6 Å². The van der Waals surface area contributed by atoms with Crippen molar-refractivity contribution in [1.82, 2.24) is 29.9 Å². The molecule has 0 aromatic carbocycles. The van der Waals surface area contributed by atoms with Gasteiger partial charge in [-0.05, 0) is 23.6 Å². The third-order valence-electron chi connectivity index (χ3n) is 4.00. The molecule has 0 aliphatic heterocycles. The number of fused-ring (bicyclic) bond motifs is 1. The highest BCUT2D eigenvalue weighted by Crippen LogP contribution is 2.24. The summed E-state index contributed by atoms with van der Waals surface area (Å²) in [5, 5.41) is 12.6. The molecular weight excluding hydrogens is 340 g/mol. The monoisotopic (exact) mass is 356 g/mol.